The number of ketones is 1. The molecule has 0 bridgehead atoms. The van der Waals surface area contributed by atoms with Gasteiger partial charge in [0.1, 0.15) is 5.75 Å². The minimum atomic E-state index is -2.90. The van der Waals surface area contributed by atoms with Gasteiger partial charge in [-0.05, 0) is 42.5 Å². The normalized spacial score (nSPS) is 10.6. The van der Waals surface area contributed by atoms with Crippen LogP contribution in [-0.4, -0.2) is 12.4 Å². The Hall–Kier alpha value is -2.14. The van der Waals surface area contributed by atoms with E-state index in [0.29, 0.717) is 16.8 Å². The third kappa shape index (κ3) is 3.24. The topological polar surface area (TPSA) is 52.3 Å². The number of carbonyl (C=O) groups is 1. The van der Waals surface area contributed by atoms with Crippen LogP contribution >= 0.6 is 11.6 Å². The molecule has 0 fully saturated rings. The van der Waals surface area contributed by atoms with Gasteiger partial charge in [-0.15, -0.1) is 0 Å². The average Bonchev–Trinajstić information content (AvgIpc) is 2.38. The minimum absolute atomic E-state index is 0.0139. The largest absolute Gasteiger partial charge is 0.435 e. The second-order valence-electron chi connectivity index (χ2n) is 3.97. The Labute approximate surface area is 118 Å². The van der Waals surface area contributed by atoms with Crippen molar-refractivity contribution in [3.05, 3.63) is 58.6 Å². The Kier molecular flexibility index (Phi) is 4.20. The van der Waals surface area contributed by atoms with Crippen LogP contribution in [0.15, 0.2) is 42.5 Å². The summed E-state index contributed by atoms with van der Waals surface area (Å²) in [4.78, 5) is 12.2. The van der Waals surface area contributed by atoms with E-state index < -0.39 is 6.61 Å². The molecule has 0 unspecified atom stereocenters. The molecule has 0 saturated carbocycles. The van der Waals surface area contributed by atoms with E-state index in [2.05, 4.69) is 4.74 Å². The van der Waals surface area contributed by atoms with E-state index in [0.717, 1.165) is 0 Å². The van der Waals surface area contributed by atoms with Gasteiger partial charge in [-0.1, -0.05) is 11.6 Å². The number of benzene rings is 2. The lowest BCUT2D eigenvalue weighted by atomic mass is 10.0. The lowest BCUT2D eigenvalue weighted by Crippen LogP contribution is -2.04. The number of carbonyl (C=O) groups excluding carboxylic acids is 1. The van der Waals surface area contributed by atoms with E-state index >= 15 is 0 Å². The highest BCUT2D eigenvalue weighted by Gasteiger charge is 2.13. The van der Waals surface area contributed by atoms with E-state index in [1.807, 2.05) is 0 Å². The summed E-state index contributed by atoms with van der Waals surface area (Å²) in [5.74, 6) is -0.335. The highest BCUT2D eigenvalue weighted by molar-refractivity contribution is 6.35. The molecule has 0 aromatic heterocycles. The Balaban J connectivity index is 2.25. The standard InChI is InChI=1S/C14H10ClF2NO2/c15-12-7-9(18)3-6-11(12)13(19)8-1-4-10(5-2-8)20-14(16)17/h1-7,14H,18H2. The van der Waals surface area contributed by atoms with Crippen molar-refractivity contribution in [2.24, 2.45) is 0 Å². The molecular weight excluding hydrogens is 288 g/mol. The molecule has 0 amide bonds. The van der Waals surface area contributed by atoms with Crippen molar-refractivity contribution in [2.45, 2.75) is 6.61 Å². The van der Waals surface area contributed by atoms with Gasteiger partial charge in [0.2, 0.25) is 0 Å². The zero-order chi connectivity index (χ0) is 14.7. The van der Waals surface area contributed by atoms with Gasteiger partial charge in [0.25, 0.3) is 0 Å². The van der Waals surface area contributed by atoms with Crippen LogP contribution in [0.1, 0.15) is 15.9 Å². The van der Waals surface area contributed by atoms with Crippen molar-refractivity contribution in [1.82, 2.24) is 0 Å². The van der Waals surface area contributed by atoms with Gasteiger partial charge in [-0.2, -0.15) is 8.78 Å². The van der Waals surface area contributed by atoms with Crippen molar-refractivity contribution in [1.29, 1.82) is 0 Å². The number of alkyl halides is 2. The SMILES string of the molecule is Nc1ccc(C(=O)c2ccc(OC(F)F)cc2)c(Cl)c1. The first-order valence-corrected chi connectivity index (χ1v) is 6.00. The van der Waals surface area contributed by atoms with Gasteiger partial charge in [0.15, 0.2) is 5.78 Å². The summed E-state index contributed by atoms with van der Waals surface area (Å²) >= 11 is 5.95. The van der Waals surface area contributed by atoms with Crippen LogP contribution in [-0.2, 0) is 0 Å². The third-order valence-electron chi connectivity index (χ3n) is 2.58. The number of hydrogen-bond donors (Lipinski definition) is 1. The van der Waals surface area contributed by atoms with Gasteiger partial charge in [-0.25, -0.2) is 0 Å². The van der Waals surface area contributed by atoms with Gasteiger partial charge < -0.3 is 10.5 Å². The molecule has 0 saturated heterocycles. The third-order valence-corrected chi connectivity index (χ3v) is 2.89. The molecule has 20 heavy (non-hydrogen) atoms. The van der Waals surface area contributed by atoms with E-state index in [1.54, 1.807) is 6.07 Å². The van der Waals surface area contributed by atoms with E-state index in [-0.39, 0.29) is 16.6 Å². The minimum Gasteiger partial charge on any atom is -0.435 e. The van der Waals surface area contributed by atoms with Crippen LogP contribution in [0.3, 0.4) is 0 Å². The van der Waals surface area contributed by atoms with Crippen LogP contribution in [0.4, 0.5) is 14.5 Å². The van der Waals surface area contributed by atoms with Crippen molar-refractivity contribution in [3.8, 4) is 5.75 Å². The van der Waals surface area contributed by atoms with Gasteiger partial charge in [0, 0.05) is 16.8 Å². The Morgan fingerprint density at radius 3 is 2.35 bits per heavy atom. The number of nitrogens with two attached hydrogens (primary N) is 1. The molecule has 0 radical (unpaired) electrons. The molecule has 104 valence electrons. The van der Waals surface area contributed by atoms with Gasteiger partial charge in [0.05, 0.1) is 5.02 Å². The summed E-state index contributed by atoms with van der Waals surface area (Å²) in [6, 6.07) is 9.94. The van der Waals surface area contributed by atoms with Crippen molar-refractivity contribution >= 4 is 23.1 Å². The summed E-state index contributed by atoms with van der Waals surface area (Å²) in [5.41, 5.74) is 6.61. The molecule has 2 aromatic rings. The number of anilines is 1. The molecule has 6 heteroatoms. The number of halogens is 3. The van der Waals surface area contributed by atoms with E-state index in [9.17, 15) is 13.6 Å². The first-order valence-electron chi connectivity index (χ1n) is 5.62. The fourth-order valence-corrected chi connectivity index (χ4v) is 1.93. The molecule has 0 spiro atoms. The predicted octanol–water partition coefficient (Wildman–Crippen LogP) is 3.75. The maximum absolute atomic E-state index is 12.2. The summed E-state index contributed by atoms with van der Waals surface area (Å²) < 4.78 is 28.2. The molecule has 0 aliphatic carbocycles. The zero-order valence-corrected chi connectivity index (χ0v) is 10.9. The molecule has 2 N–H and O–H groups in total. The van der Waals surface area contributed by atoms with Crippen molar-refractivity contribution < 1.29 is 18.3 Å². The summed E-state index contributed by atoms with van der Waals surface area (Å²) in [5, 5.41) is 0.239. The maximum Gasteiger partial charge on any atom is 0.387 e. The van der Waals surface area contributed by atoms with E-state index in [1.165, 1.54) is 36.4 Å². The van der Waals surface area contributed by atoms with Crippen molar-refractivity contribution in [2.75, 3.05) is 5.73 Å². The van der Waals surface area contributed by atoms with Crippen molar-refractivity contribution in [3.63, 3.8) is 0 Å². The fourth-order valence-electron chi connectivity index (χ4n) is 1.66. The molecule has 2 aromatic carbocycles. The summed E-state index contributed by atoms with van der Waals surface area (Å²) in [7, 11) is 0. The predicted molar refractivity (Wildman–Crippen MR) is 72.4 cm³/mol. The Bertz CT molecular complexity index is 630. The average molecular weight is 298 g/mol. The second-order valence-corrected chi connectivity index (χ2v) is 4.38. The molecular formula is C14H10ClF2NO2. The first kappa shape index (κ1) is 14.3. The number of ether oxygens (including phenoxy) is 1. The molecule has 0 heterocycles. The summed E-state index contributed by atoms with van der Waals surface area (Å²) in [6.45, 7) is -2.90. The molecule has 0 aliphatic rings. The molecule has 0 atom stereocenters. The highest BCUT2D eigenvalue weighted by Crippen LogP contribution is 2.23. The molecule has 0 aliphatic heterocycles. The van der Waals surface area contributed by atoms with E-state index in [4.69, 9.17) is 17.3 Å². The second kappa shape index (κ2) is 5.88. The highest BCUT2D eigenvalue weighted by atomic mass is 35.5. The lowest BCUT2D eigenvalue weighted by molar-refractivity contribution is -0.0498. The quantitative estimate of drug-likeness (QED) is 0.690. The lowest BCUT2D eigenvalue weighted by Gasteiger charge is -2.07. The van der Waals surface area contributed by atoms with Crippen LogP contribution in [0.2, 0.25) is 5.02 Å². The van der Waals surface area contributed by atoms with Gasteiger partial charge >= 0.3 is 6.61 Å². The van der Waals surface area contributed by atoms with Crippen LogP contribution in [0, 0.1) is 0 Å². The number of rotatable bonds is 4. The first-order chi connectivity index (χ1) is 9.47. The summed E-state index contributed by atoms with van der Waals surface area (Å²) in [6.07, 6.45) is 0. The maximum atomic E-state index is 12.2. The number of hydrogen-bond acceptors (Lipinski definition) is 3. The fraction of sp³-hybridized carbons (Fsp3) is 0.0714. The van der Waals surface area contributed by atoms with Crippen LogP contribution in [0.25, 0.3) is 0 Å². The number of nitrogen functional groups attached to an aromatic ring is 1. The monoisotopic (exact) mass is 297 g/mol. The van der Waals surface area contributed by atoms with Gasteiger partial charge in [-0.3, -0.25) is 4.79 Å². The van der Waals surface area contributed by atoms with Crippen LogP contribution < -0.4 is 10.5 Å². The zero-order valence-electron chi connectivity index (χ0n) is 10.1. The smallest absolute Gasteiger partial charge is 0.387 e. The molecule has 2 rings (SSSR count). The molecule has 3 nitrogen and oxygen atoms in total. The Morgan fingerprint density at radius 2 is 1.80 bits per heavy atom. The van der Waals surface area contributed by atoms with Crippen LogP contribution in [0.5, 0.6) is 5.75 Å². The Morgan fingerprint density at radius 1 is 1.15 bits per heavy atom.